The number of quaternary nitrogens is 1. The molecule has 3 rings (SSSR count). The van der Waals surface area contributed by atoms with Gasteiger partial charge >= 0.3 is 0 Å². The highest BCUT2D eigenvalue weighted by Gasteiger charge is 2.24. The molecule has 2 aromatic carbocycles. The molecule has 1 aliphatic heterocycles. The molecule has 0 aliphatic carbocycles. The lowest BCUT2D eigenvalue weighted by Crippen LogP contribution is -2.53. The Bertz CT molecular complexity index is 643. The van der Waals surface area contributed by atoms with E-state index >= 15 is 0 Å². The molecule has 0 saturated carbocycles. The summed E-state index contributed by atoms with van der Waals surface area (Å²) in [5.74, 6) is 0.937. The van der Waals surface area contributed by atoms with Crippen LogP contribution in [0.3, 0.4) is 0 Å². The molecular formula is C21H26NO2+. The zero-order valence-electron chi connectivity index (χ0n) is 14.4. The molecule has 0 spiro atoms. The van der Waals surface area contributed by atoms with Gasteiger partial charge in [0, 0.05) is 0 Å². The normalized spacial score (nSPS) is 17.0. The van der Waals surface area contributed by atoms with Crippen LogP contribution in [-0.4, -0.2) is 51.0 Å². The molecule has 0 N–H and O–H groups in total. The van der Waals surface area contributed by atoms with Crippen molar-refractivity contribution in [1.29, 1.82) is 0 Å². The summed E-state index contributed by atoms with van der Waals surface area (Å²) in [6, 6.07) is 18.6. The van der Waals surface area contributed by atoms with Crippen molar-refractivity contribution in [1.82, 2.24) is 0 Å². The van der Waals surface area contributed by atoms with Gasteiger partial charge in [-0.25, -0.2) is 0 Å². The lowest BCUT2D eigenvalue weighted by Gasteiger charge is -2.37. The van der Waals surface area contributed by atoms with E-state index in [1.54, 1.807) is 0 Å². The van der Waals surface area contributed by atoms with Crippen molar-refractivity contribution in [2.24, 2.45) is 0 Å². The highest BCUT2D eigenvalue weighted by Crippen LogP contribution is 2.15. The van der Waals surface area contributed by atoms with Gasteiger partial charge in [-0.05, 0) is 23.3 Å². The Balaban J connectivity index is 1.48. The topological polar surface area (TPSA) is 18.5 Å². The fourth-order valence-electron chi connectivity index (χ4n) is 2.82. The van der Waals surface area contributed by atoms with Gasteiger partial charge in [-0.15, -0.1) is 0 Å². The van der Waals surface area contributed by atoms with Crippen molar-refractivity contribution in [2.75, 3.05) is 46.5 Å². The van der Waals surface area contributed by atoms with E-state index < -0.39 is 0 Å². The lowest BCUT2D eigenvalue weighted by molar-refractivity contribution is -0.916. The average Bonchev–Trinajstić information content (AvgIpc) is 2.62. The standard InChI is InChI=1S/C21H26NO2/c1-22(13-16-23-17-14-22)15-18-24-21-11-9-20(10-12-21)8-7-19-5-3-2-4-6-19/h2-12H,13-18H2,1H3/q+1. The number of likely N-dealkylation sites (N-methyl/N-ethyl adjacent to an activating group) is 1. The van der Waals surface area contributed by atoms with E-state index in [4.69, 9.17) is 9.47 Å². The molecule has 0 amide bonds. The smallest absolute Gasteiger partial charge is 0.137 e. The maximum absolute atomic E-state index is 5.91. The van der Waals surface area contributed by atoms with Crippen LogP contribution in [0.5, 0.6) is 5.75 Å². The molecule has 1 aliphatic rings. The van der Waals surface area contributed by atoms with Crippen molar-refractivity contribution < 1.29 is 14.0 Å². The second-order valence-corrected chi connectivity index (χ2v) is 6.56. The maximum Gasteiger partial charge on any atom is 0.137 e. The third-order valence-corrected chi connectivity index (χ3v) is 4.60. The Morgan fingerprint density at radius 1 is 0.917 bits per heavy atom. The van der Waals surface area contributed by atoms with Gasteiger partial charge in [-0.2, -0.15) is 0 Å². The van der Waals surface area contributed by atoms with E-state index in [2.05, 4.69) is 43.5 Å². The molecule has 1 saturated heterocycles. The van der Waals surface area contributed by atoms with Crippen LogP contribution in [0, 0.1) is 0 Å². The number of hydrogen-bond acceptors (Lipinski definition) is 2. The number of nitrogens with zero attached hydrogens (tertiary/aromatic N) is 1. The summed E-state index contributed by atoms with van der Waals surface area (Å²) in [5, 5.41) is 0. The molecule has 0 radical (unpaired) electrons. The van der Waals surface area contributed by atoms with Gasteiger partial charge in [0.05, 0.1) is 20.3 Å². The van der Waals surface area contributed by atoms with Crippen molar-refractivity contribution in [3.05, 3.63) is 65.7 Å². The number of rotatable bonds is 6. The summed E-state index contributed by atoms with van der Waals surface area (Å²) in [6.07, 6.45) is 4.25. The van der Waals surface area contributed by atoms with Gasteiger partial charge in [0.2, 0.25) is 0 Å². The van der Waals surface area contributed by atoms with E-state index in [0.29, 0.717) is 0 Å². The summed E-state index contributed by atoms with van der Waals surface area (Å²) in [4.78, 5) is 0. The van der Waals surface area contributed by atoms with Crippen LogP contribution in [0.25, 0.3) is 12.2 Å². The van der Waals surface area contributed by atoms with Gasteiger partial charge < -0.3 is 14.0 Å². The monoisotopic (exact) mass is 324 g/mol. The molecule has 126 valence electrons. The largest absolute Gasteiger partial charge is 0.488 e. The van der Waals surface area contributed by atoms with E-state index in [1.165, 1.54) is 11.1 Å². The highest BCUT2D eigenvalue weighted by atomic mass is 16.5. The van der Waals surface area contributed by atoms with Crippen LogP contribution in [0.2, 0.25) is 0 Å². The Morgan fingerprint density at radius 3 is 2.21 bits per heavy atom. The van der Waals surface area contributed by atoms with Gasteiger partial charge in [0.15, 0.2) is 0 Å². The molecule has 1 heterocycles. The van der Waals surface area contributed by atoms with Crippen LogP contribution >= 0.6 is 0 Å². The van der Waals surface area contributed by atoms with Gasteiger partial charge in [-0.1, -0.05) is 54.6 Å². The van der Waals surface area contributed by atoms with Crippen molar-refractivity contribution in [3.63, 3.8) is 0 Å². The molecule has 0 aromatic heterocycles. The summed E-state index contributed by atoms with van der Waals surface area (Å²) >= 11 is 0. The third-order valence-electron chi connectivity index (χ3n) is 4.60. The minimum absolute atomic E-state index is 0.746. The van der Waals surface area contributed by atoms with E-state index in [1.807, 2.05) is 30.3 Å². The SMILES string of the molecule is C[N+]1(CCOc2ccc(C=Cc3ccccc3)cc2)CCOCC1. The summed E-state index contributed by atoms with van der Waals surface area (Å²) < 4.78 is 12.4. The predicted molar refractivity (Wildman–Crippen MR) is 98.9 cm³/mol. The van der Waals surface area contributed by atoms with Gasteiger partial charge in [-0.3, -0.25) is 0 Å². The fraction of sp³-hybridized carbons (Fsp3) is 0.333. The van der Waals surface area contributed by atoms with Crippen molar-refractivity contribution >= 4 is 12.2 Å². The summed E-state index contributed by atoms with van der Waals surface area (Å²) in [6.45, 7) is 5.64. The second-order valence-electron chi connectivity index (χ2n) is 6.56. The predicted octanol–water partition coefficient (Wildman–Crippen LogP) is 3.71. The second kappa shape index (κ2) is 8.13. The van der Waals surface area contributed by atoms with Crippen LogP contribution < -0.4 is 4.74 Å². The lowest BCUT2D eigenvalue weighted by atomic mass is 10.1. The van der Waals surface area contributed by atoms with E-state index in [9.17, 15) is 0 Å². The average molecular weight is 324 g/mol. The minimum atomic E-state index is 0.746. The first-order valence-corrected chi connectivity index (χ1v) is 8.61. The van der Waals surface area contributed by atoms with Crippen LogP contribution in [0.15, 0.2) is 54.6 Å². The Hall–Kier alpha value is -2.10. The van der Waals surface area contributed by atoms with Crippen LogP contribution in [0.4, 0.5) is 0 Å². The molecule has 3 nitrogen and oxygen atoms in total. The molecule has 2 aromatic rings. The zero-order chi connectivity index (χ0) is 16.7. The first kappa shape index (κ1) is 16.7. The molecule has 0 atom stereocenters. The quantitative estimate of drug-likeness (QED) is 0.596. The summed E-state index contributed by atoms with van der Waals surface area (Å²) in [5.41, 5.74) is 2.39. The minimum Gasteiger partial charge on any atom is -0.488 e. The Kier molecular flexibility index (Phi) is 5.68. The number of morpholine rings is 1. The van der Waals surface area contributed by atoms with Crippen molar-refractivity contribution in [3.8, 4) is 5.75 Å². The third kappa shape index (κ3) is 4.95. The molecule has 0 bridgehead atoms. The summed E-state index contributed by atoms with van der Waals surface area (Å²) in [7, 11) is 2.28. The number of hydrogen-bond donors (Lipinski definition) is 0. The number of benzene rings is 2. The van der Waals surface area contributed by atoms with Gasteiger partial charge in [0.1, 0.15) is 32.0 Å². The zero-order valence-corrected chi connectivity index (χ0v) is 14.4. The van der Waals surface area contributed by atoms with Crippen molar-refractivity contribution in [2.45, 2.75) is 0 Å². The molecule has 24 heavy (non-hydrogen) atoms. The number of ether oxygens (including phenoxy) is 2. The van der Waals surface area contributed by atoms with Crippen LogP contribution in [-0.2, 0) is 4.74 Å². The van der Waals surface area contributed by atoms with E-state index in [-0.39, 0.29) is 0 Å². The molecular weight excluding hydrogens is 298 g/mol. The molecule has 1 fully saturated rings. The first-order chi connectivity index (χ1) is 11.7. The maximum atomic E-state index is 5.91. The Morgan fingerprint density at radius 2 is 1.54 bits per heavy atom. The van der Waals surface area contributed by atoms with Gasteiger partial charge in [0.25, 0.3) is 0 Å². The fourth-order valence-corrected chi connectivity index (χ4v) is 2.82. The van der Waals surface area contributed by atoms with Crippen LogP contribution in [0.1, 0.15) is 11.1 Å². The molecule has 0 unspecified atom stereocenters. The molecule has 3 heteroatoms. The first-order valence-electron chi connectivity index (χ1n) is 8.61. The van der Waals surface area contributed by atoms with E-state index in [0.717, 1.165) is 49.7 Å². The Labute approximate surface area is 144 Å². The highest BCUT2D eigenvalue weighted by molar-refractivity contribution is 5.69.